The van der Waals surface area contributed by atoms with Crippen LogP contribution in [0.4, 0.5) is 0 Å². The van der Waals surface area contributed by atoms with E-state index in [0.29, 0.717) is 6.04 Å². The number of rotatable bonds is 3. The third-order valence-corrected chi connectivity index (χ3v) is 4.46. The Morgan fingerprint density at radius 3 is 2.80 bits per heavy atom. The van der Waals surface area contributed by atoms with Crippen molar-refractivity contribution in [3.05, 3.63) is 0 Å². The summed E-state index contributed by atoms with van der Waals surface area (Å²) in [5, 5.41) is 4.85. The van der Waals surface area contributed by atoms with Gasteiger partial charge in [0.05, 0.1) is 6.54 Å². The van der Waals surface area contributed by atoms with Gasteiger partial charge >= 0.3 is 0 Å². The first kappa shape index (κ1) is 11.3. The van der Waals surface area contributed by atoms with Crippen molar-refractivity contribution in [3.63, 3.8) is 0 Å². The lowest BCUT2D eigenvalue weighted by Crippen LogP contribution is -2.39. The number of nitrogens with one attached hydrogen (secondary N) is 1. The number of thioether (sulfide) groups is 1. The summed E-state index contributed by atoms with van der Waals surface area (Å²) in [6.07, 6.45) is 8.39. The van der Waals surface area contributed by atoms with Gasteiger partial charge in [-0.2, -0.15) is 0 Å². The molecule has 86 valence electrons. The first-order valence-corrected chi connectivity index (χ1v) is 7.32. The van der Waals surface area contributed by atoms with Gasteiger partial charge in [0.1, 0.15) is 0 Å². The van der Waals surface area contributed by atoms with Gasteiger partial charge in [0.15, 0.2) is 5.17 Å². The fourth-order valence-corrected chi connectivity index (χ4v) is 3.46. The predicted molar refractivity (Wildman–Crippen MR) is 68.5 cm³/mol. The molecule has 0 aromatic heterocycles. The molecule has 1 heterocycles. The molecule has 0 saturated heterocycles. The van der Waals surface area contributed by atoms with Gasteiger partial charge in [0, 0.05) is 11.8 Å². The Bertz CT molecular complexity index is 222. The van der Waals surface area contributed by atoms with Crippen LogP contribution in [0.2, 0.25) is 0 Å². The van der Waals surface area contributed by atoms with Crippen molar-refractivity contribution in [1.29, 1.82) is 0 Å². The van der Waals surface area contributed by atoms with Crippen molar-refractivity contribution in [2.75, 3.05) is 12.3 Å². The summed E-state index contributed by atoms with van der Waals surface area (Å²) in [5.41, 5.74) is 0. The molecule has 15 heavy (non-hydrogen) atoms. The van der Waals surface area contributed by atoms with Crippen LogP contribution in [0.25, 0.3) is 0 Å². The Kier molecular flexibility index (Phi) is 4.36. The van der Waals surface area contributed by atoms with Crippen LogP contribution >= 0.6 is 11.8 Å². The largest absolute Gasteiger partial charge is 0.362 e. The van der Waals surface area contributed by atoms with Crippen molar-refractivity contribution in [2.24, 2.45) is 10.9 Å². The van der Waals surface area contributed by atoms with Gasteiger partial charge < -0.3 is 5.32 Å². The van der Waals surface area contributed by atoms with Crippen molar-refractivity contribution in [1.82, 2.24) is 5.32 Å². The summed E-state index contributed by atoms with van der Waals surface area (Å²) in [6, 6.07) is 0.676. The third kappa shape index (κ3) is 3.13. The Morgan fingerprint density at radius 2 is 2.20 bits per heavy atom. The van der Waals surface area contributed by atoms with Crippen LogP contribution in [0, 0.1) is 5.92 Å². The van der Waals surface area contributed by atoms with Gasteiger partial charge in [-0.15, -0.1) is 0 Å². The molecule has 1 aliphatic carbocycles. The highest BCUT2D eigenvalue weighted by Crippen LogP contribution is 2.28. The first-order chi connectivity index (χ1) is 7.40. The Balaban J connectivity index is 1.84. The number of amidine groups is 1. The van der Waals surface area contributed by atoms with E-state index in [4.69, 9.17) is 0 Å². The number of aliphatic imine (C=N–C) groups is 1. The molecule has 1 saturated carbocycles. The number of hydrogen-bond acceptors (Lipinski definition) is 3. The molecule has 0 amide bonds. The molecule has 3 heteroatoms. The molecule has 2 aliphatic rings. The average Bonchev–Trinajstić information content (AvgIpc) is 2.80. The van der Waals surface area contributed by atoms with Gasteiger partial charge in [0.2, 0.25) is 0 Å². The number of hydrogen-bond donors (Lipinski definition) is 1. The van der Waals surface area contributed by atoms with Crippen molar-refractivity contribution in [2.45, 2.75) is 51.5 Å². The quantitative estimate of drug-likeness (QED) is 0.800. The maximum absolute atomic E-state index is 4.49. The van der Waals surface area contributed by atoms with E-state index in [9.17, 15) is 0 Å². The zero-order chi connectivity index (χ0) is 10.5. The topological polar surface area (TPSA) is 24.4 Å². The van der Waals surface area contributed by atoms with Crippen LogP contribution in [0.5, 0.6) is 0 Å². The second kappa shape index (κ2) is 5.78. The molecule has 0 bridgehead atoms. The molecule has 2 rings (SSSR count). The molecule has 1 atom stereocenters. The van der Waals surface area contributed by atoms with Gasteiger partial charge in [-0.3, -0.25) is 4.99 Å². The van der Waals surface area contributed by atoms with E-state index in [1.165, 1.54) is 49.4 Å². The molecule has 0 spiro atoms. The SMILES string of the molecule is CCC(NC1=NCCS1)C1CCCCC1. The third-order valence-electron chi connectivity index (χ3n) is 3.55. The average molecular weight is 226 g/mol. The van der Waals surface area contributed by atoms with E-state index < -0.39 is 0 Å². The molecular formula is C12H22N2S. The summed E-state index contributed by atoms with van der Waals surface area (Å²) < 4.78 is 0. The maximum atomic E-state index is 4.49. The highest BCUT2D eigenvalue weighted by atomic mass is 32.2. The normalized spacial score (nSPS) is 25.0. The number of nitrogens with zero attached hydrogens (tertiary/aromatic N) is 1. The Labute approximate surface area is 97.3 Å². The summed E-state index contributed by atoms with van der Waals surface area (Å²) in [6.45, 7) is 3.31. The minimum atomic E-state index is 0.676. The van der Waals surface area contributed by atoms with Gasteiger partial charge in [-0.1, -0.05) is 37.9 Å². The van der Waals surface area contributed by atoms with Crippen LogP contribution in [0.1, 0.15) is 45.4 Å². The molecule has 1 fully saturated rings. The van der Waals surface area contributed by atoms with Gasteiger partial charge in [-0.25, -0.2) is 0 Å². The van der Waals surface area contributed by atoms with E-state index in [2.05, 4.69) is 17.2 Å². The first-order valence-electron chi connectivity index (χ1n) is 6.34. The van der Waals surface area contributed by atoms with Gasteiger partial charge in [0.25, 0.3) is 0 Å². The van der Waals surface area contributed by atoms with E-state index in [0.717, 1.165) is 12.5 Å². The van der Waals surface area contributed by atoms with Crippen LogP contribution in [-0.2, 0) is 0 Å². The molecule has 1 N–H and O–H groups in total. The Morgan fingerprint density at radius 1 is 1.40 bits per heavy atom. The highest BCUT2D eigenvalue weighted by Gasteiger charge is 2.23. The van der Waals surface area contributed by atoms with Crippen LogP contribution in [0.3, 0.4) is 0 Å². The summed E-state index contributed by atoms with van der Waals surface area (Å²) in [5.74, 6) is 2.07. The zero-order valence-electron chi connectivity index (χ0n) is 9.67. The molecule has 0 radical (unpaired) electrons. The second-order valence-electron chi connectivity index (χ2n) is 4.59. The summed E-state index contributed by atoms with van der Waals surface area (Å²) in [4.78, 5) is 4.49. The molecule has 0 aromatic carbocycles. The van der Waals surface area contributed by atoms with E-state index in [-0.39, 0.29) is 0 Å². The van der Waals surface area contributed by atoms with E-state index >= 15 is 0 Å². The standard InChI is InChI=1S/C12H22N2S/c1-2-11(10-6-4-3-5-7-10)14-12-13-8-9-15-12/h10-11H,2-9H2,1H3,(H,13,14). The fourth-order valence-electron chi connectivity index (χ4n) is 2.67. The fraction of sp³-hybridized carbons (Fsp3) is 0.917. The smallest absolute Gasteiger partial charge is 0.156 e. The lowest BCUT2D eigenvalue weighted by molar-refractivity contribution is 0.284. The molecular weight excluding hydrogens is 204 g/mol. The molecule has 0 aromatic rings. The Hall–Kier alpha value is -0.180. The van der Waals surface area contributed by atoms with Gasteiger partial charge in [-0.05, 0) is 25.2 Å². The lowest BCUT2D eigenvalue weighted by atomic mass is 9.83. The van der Waals surface area contributed by atoms with Crippen molar-refractivity contribution >= 4 is 16.9 Å². The van der Waals surface area contributed by atoms with Crippen LogP contribution < -0.4 is 5.32 Å². The molecule has 1 unspecified atom stereocenters. The van der Waals surface area contributed by atoms with E-state index in [1.807, 2.05) is 11.8 Å². The maximum Gasteiger partial charge on any atom is 0.156 e. The van der Waals surface area contributed by atoms with Crippen LogP contribution in [0.15, 0.2) is 4.99 Å². The minimum absolute atomic E-state index is 0.676. The second-order valence-corrected chi connectivity index (χ2v) is 5.68. The molecule has 1 aliphatic heterocycles. The minimum Gasteiger partial charge on any atom is -0.362 e. The zero-order valence-corrected chi connectivity index (χ0v) is 10.5. The molecule has 2 nitrogen and oxygen atoms in total. The van der Waals surface area contributed by atoms with E-state index in [1.54, 1.807) is 0 Å². The summed E-state index contributed by atoms with van der Waals surface area (Å²) in [7, 11) is 0. The monoisotopic (exact) mass is 226 g/mol. The highest BCUT2D eigenvalue weighted by molar-refractivity contribution is 8.14. The van der Waals surface area contributed by atoms with Crippen molar-refractivity contribution < 1.29 is 0 Å². The lowest BCUT2D eigenvalue weighted by Gasteiger charge is -2.30. The van der Waals surface area contributed by atoms with Crippen LogP contribution in [-0.4, -0.2) is 23.5 Å². The predicted octanol–water partition coefficient (Wildman–Crippen LogP) is 3.04. The van der Waals surface area contributed by atoms with Crippen molar-refractivity contribution in [3.8, 4) is 0 Å². The summed E-state index contributed by atoms with van der Waals surface area (Å²) >= 11 is 1.89.